The normalized spacial score (nSPS) is 18.4. The second-order valence-electron chi connectivity index (χ2n) is 2.46. The van der Waals surface area contributed by atoms with Gasteiger partial charge in [-0.25, -0.2) is 4.98 Å². The zero-order valence-corrected chi connectivity index (χ0v) is 6.37. The maximum atomic E-state index is 12.6. The van der Waals surface area contributed by atoms with Gasteiger partial charge in [-0.2, -0.15) is 4.39 Å². The Kier molecular flexibility index (Phi) is 2.01. The Balaban J connectivity index is 2.21. The summed E-state index contributed by atoms with van der Waals surface area (Å²) in [5, 5.41) is 0. The van der Waals surface area contributed by atoms with Crippen LogP contribution in [0.5, 0.6) is 0 Å². The third kappa shape index (κ3) is 1.44. The molecule has 0 aliphatic carbocycles. The van der Waals surface area contributed by atoms with Crippen molar-refractivity contribution in [3.63, 3.8) is 0 Å². The minimum absolute atomic E-state index is 0.485. The van der Waals surface area contributed by atoms with Crippen LogP contribution in [0.2, 0.25) is 0 Å². The third-order valence-corrected chi connectivity index (χ3v) is 1.60. The van der Waals surface area contributed by atoms with Gasteiger partial charge in [0, 0.05) is 0 Å². The van der Waals surface area contributed by atoms with Gasteiger partial charge in [0.2, 0.25) is 12.2 Å². The van der Waals surface area contributed by atoms with E-state index in [9.17, 15) is 4.39 Å². The minimum atomic E-state index is -0.508. The van der Waals surface area contributed by atoms with Crippen molar-refractivity contribution in [3.8, 4) is 0 Å². The first kappa shape index (κ1) is 7.64. The van der Waals surface area contributed by atoms with Gasteiger partial charge in [-0.1, -0.05) is 6.07 Å². The Hall–Kier alpha value is -1.00. The largest absolute Gasteiger partial charge is 0.345 e. The Bertz CT molecular complexity index is 274. The van der Waals surface area contributed by atoms with Gasteiger partial charge < -0.3 is 9.47 Å². The van der Waals surface area contributed by atoms with Gasteiger partial charge >= 0.3 is 0 Å². The van der Waals surface area contributed by atoms with Gasteiger partial charge in [-0.3, -0.25) is 0 Å². The van der Waals surface area contributed by atoms with Gasteiger partial charge in [-0.05, 0) is 12.1 Å². The quantitative estimate of drug-likeness (QED) is 0.593. The highest BCUT2D eigenvalue weighted by Gasteiger charge is 2.19. The second kappa shape index (κ2) is 3.16. The molecular weight excluding hydrogens is 161 g/mol. The molecule has 0 amide bonds. The molecular formula is C8H8FNO2. The van der Waals surface area contributed by atoms with E-state index in [1.54, 1.807) is 12.1 Å². The molecule has 0 unspecified atom stereocenters. The van der Waals surface area contributed by atoms with Gasteiger partial charge in [0.15, 0.2) is 0 Å². The van der Waals surface area contributed by atoms with Crippen LogP contribution in [0.4, 0.5) is 4.39 Å². The molecule has 1 aliphatic rings. The second-order valence-corrected chi connectivity index (χ2v) is 2.46. The lowest BCUT2D eigenvalue weighted by atomic mass is 10.3. The predicted molar refractivity (Wildman–Crippen MR) is 38.8 cm³/mol. The number of hydrogen-bond acceptors (Lipinski definition) is 3. The summed E-state index contributed by atoms with van der Waals surface area (Å²) in [6.07, 6.45) is -0.485. The van der Waals surface area contributed by atoms with Crippen molar-refractivity contribution in [1.82, 2.24) is 4.98 Å². The summed E-state index contributed by atoms with van der Waals surface area (Å²) >= 11 is 0. The molecule has 0 spiro atoms. The standard InChI is InChI=1S/C8H8FNO2/c9-7-3-1-2-6(10-7)8-11-4-5-12-8/h1-3,8H,4-5H2. The van der Waals surface area contributed by atoms with E-state index in [2.05, 4.69) is 4.98 Å². The molecule has 1 aromatic rings. The van der Waals surface area contributed by atoms with Crippen molar-refractivity contribution in [1.29, 1.82) is 0 Å². The number of nitrogens with zero attached hydrogens (tertiary/aromatic N) is 1. The van der Waals surface area contributed by atoms with E-state index in [1.807, 2.05) is 0 Å². The summed E-state index contributed by atoms with van der Waals surface area (Å²) in [5.41, 5.74) is 0.493. The Morgan fingerprint density at radius 2 is 2.08 bits per heavy atom. The van der Waals surface area contributed by atoms with E-state index in [4.69, 9.17) is 9.47 Å². The number of pyridine rings is 1. The molecule has 1 fully saturated rings. The van der Waals surface area contributed by atoms with E-state index in [0.29, 0.717) is 18.9 Å². The molecule has 2 heterocycles. The molecule has 64 valence electrons. The molecule has 1 aromatic heterocycles. The highest BCUT2D eigenvalue weighted by molar-refractivity contribution is 5.06. The van der Waals surface area contributed by atoms with E-state index >= 15 is 0 Å². The van der Waals surface area contributed by atoms with Crippen molar-refractivity contribution in [2.75, 3.05) is 13.2 Å². The molecule has 0 N–H and O–H groups in total. The lowest BCUT2D eigenvalue weighted by molar-refractivity contribution is -0.0477. The maximum Gasteiger partial charge on any atom is 0.213 e. The summed E-state index contributed by atoms with van der Waals surface area (Å²) in [6.45, 7) is 1.09. The SMILES string of the molecule is Fc1cccc(C2OCCO2)n1. The van der Waals surface area contributed by atoms with Crippen LogP contribution in [-0.4, -0.2) is 18.2 Å². The van der Waals surface area contributed by atoms with Crippen LogP contribution in [0.25, 0.3) is 0 Å². The van der Waals surface area contributed by atoms with Crippen LogP contribution in [0.15, 0.2) is 18.2 Å². The van der Waals surface area contributed by atoms with Gasteiger partial charge in [0.25, 0.3) is 0 Å². The average Bonchev–Trinajstić information content (AvgIpc) is 2.56. The molecule has 0 radical (unpaired) electrons. The highest BCUT2D eigenvalue weighted by atomic mass is 19.1. The molecule has 0 aromatic carbocycles. The molecule has 4 heteroatoms. The molecule has 0 atom stereocenters. The molecule has 1 saturated heterocycles. The number of hydrogen-bond donors (Lipinski definition) is 0. The molecule has 0 saturated carbocycles. The van der Waals surface area contributed by atoms with Gasteiger partial charge in [0.1, 0.15) is 0 Å². The zero-order valence-electron chi connectivity index (χ0n) is 6.37. The van der Waals surface area contributed by atoms with Crippen LogP contribution >= 0.6 is 0 Å². The van der Waals surface area contributed by atoms with Crippen LogP contribution in [0.1, 0.15) is 12.0 Å². The fraction of sp³-hybridized carbons (Fsp3) is 0.375. The lowest BCUT2D eigenvalue weighted by Crippen LogP contribution is -2.01. The Labute approximate surface area is 69.1 Å². The fourth-order valence-corrected chi connectivity index (χ4v) is 1.08. The minimum Gasteiger partial charge on any atom is -0.345 e. The third-order valence-electron chi connectivity index (χ3n) is 1.60. The van der Waals surface area contributed by atoms with Crippen molar-refractivity contribution < 1.29 is 13.9 Å². The smallest absolute Gasteiger partial charge is 0.213 e. The van der Waals surface area contributed by atoms with E-state index in [0.717, 1.165) is 0 Å². The van der Waals surface area contributed by atoms with Crippen LogP contribution < -0.4 is 0 Å². The van der Waals surface area contributed by atoms with Crippen LogP contribution in [-0.2, 0) is 9.47 Å². The topological polar surface area (TPSA) is 31.4 Å². The average molecular weight is 169 g/mol. The number of ether oxygens (including phenoxy) is 2. The molecule has 0 bridgehead atoms. The molecule has 12 heavy (non-hydrogen) atoms. The van der Waals surface area contributed by atoms with E-state index in [1.165, 1.54) is 6.07 Å². The summed E-state index contributed by atoms with van der Waals surface area (Å²) in [6, 6.07) is 4.56. The number of aromatic nitrogens is 1. The summed E-state index contributed by atoms with van der Waals surface area (Å²) < 4.78 is 22.9. The zero-order chi connectivity index (χ0) is 8.39. The molecule has 1 aliphatic heterocycles. The summed E-state index contributed by atoms with van der Waals surface area (Å²) in [5.74, 6) is -0.508. The highest BCUT2D eigenvalue weighted by Crippen LogP contribution is 2.20. The Morgan fingerprint density at radius 1 is 1.33 bits per heavy atom. The maximum absolute atomic E-state index is 12.6. The summed E-state index contributed by atoms with van der Waals surface area (Å²) in [7, 11) is 0. The monoisotopic (exact) mass is 169 g/mol. The van der Waals surface area contributed by atoms with E-state index in [-0.39, 0.29) is 0 Å². The van der Waals surface area contributed by atoms with Crippen molar-refractivity contribution >= 4 is 0 Å². The predicted octanol–water partition coefficient (Wildman–Crippen LogP) is 1.27. The van der Waals surface area contributed by atoms with Crippen molar-refractivity contribution in [3.05, 3.63) is 29.8 Å². The molecule has 3 nitrogen and oxygen atoms in total. The lowest BCUT2D eigenvalue weighted by Gasteiger charge is -2.06. The Morgan fingerprint density at radius 3 is 2.75 bits per heavy atom. The summed E-state index contributed by atoms with van der Waals surface area (Å²) in [4.78, 5) is 3.64. The van der Waals surface area contributed by atoms with Gasteiger partial charge in [0.05, 0.1) is 18.9 Å². The fourth-order valence-electron chi connectivity index (χ4n) is 1.08. The number of halogens is 1. The van der Waals surface area contributed by atoms with Crippen molar-refractivity contribution in [2.45, 2.75) is 6.29 Å². The van der Waals surface area contributed by atoms with Crippen LogP contribution in [0, 0.1) is 5.95 Å². The first-order chi connectivity index (χ1) is 5.86. The van der Waals surface area contributed by atoms with E-state index < -0.39 is 12.2 Å². The van der Waals surface area contributed by atoms with Gasteiger partial charge in [-0.15, -0.1) is 0 Å². The first-order valence-corrected chi connectivity index (χ1v) is 3.72. The molecule has 2 rings (SSSR count). The first-order valence-electron chi connectivity index (χ1n) is 3.72. The van der Waals surface area contributed by atoms with Crippen LogP contribution in [0.3, 0.4) is 0 Å². The van der Waals surface area contributed by atoms with Crippen molar-refractivity contribution in [2.24, 2.45) is 0 Å². The number of rotatable bonds is 1.